The minimum Gasteiger partial charge on any atom is -0.422 e. The standard InChI is InChI=1S/C21H19F3N2O7/c22-21(23,24)17-12-2-1-11(26-13(8-27)18(30)19(31)14(29)9-28)7-15(12)33-20(32)16(17)10-3-5-25-6-4-10/h1-8,13-14,18-19,26,28-31H,9H2/t13-,14+,18+,19+/m1/s1. The first-order valence-electron chi connectivity index (χ1n) is 9.53. The van der Waals surface area contributed by atoms with Gasteiger partial charge in [0.1, 0.15) is 36.2 Å². The van der Waals surface area contributed by atoms with Crippen molar-refractivity contribution >= 4 is 22.9 Å². The Hall–Kier alpha value is -3.32. The lowest BCUT2D eigenvalue weighted by Crippen LogP contribution is -2.49. The van der Waals surface area contributed by atoms with Gasteiger partial charge in [0.05, 0.1) is 17.7 Å². The number of rotatable bonds is 8. The molecule has 1 aromatic carbocycles. The highest BCUT2D eigenvalue weighted by Gasteiger charge is 2.38. The predicted molar refractivity (Wildman–Crippen MR) is 109 cm³/mol. The number of alkyl halides is 3. The Morgan fingerprint density at radius 1 is 1.09 bits per heavy atom. The number of aliphatic hydroxyl groups is 4. The van der Waals surface area contributed by atoms with Crippen LogP contribution in [0.1, 0.15) is 5.56 Å². The second kappa shape index (κ2) is 9.67. The van der Waals surface area contributed by atoms with Crippen molar-refractivity contribution in [2.75, 3.05) is 11.9 Å². The number of hydrogen-bond donors (Lipinski definition) is 5. The molecule has 4 atom stereocenters. The summed E-state index contributed by atoms with van der Waals surface area (Å²) in [7, 11) is 0. The third-order valence-corrected chi connectivity index (χ3v) is 4.94. The average molecular weight is 468 g/mol. The number of aldehydes is 1. The number of carbonyl (C=O) groups excluding carboxylic acids is 1. The summed E-state index contributed by atoms with van der Waals surface area (Å²) in [5, 5.41) is 40.2. The van der Waals surface area contributed by atoms with Gasteiger partial charge in [-0.3, -0.25) is 4.98 Å². The largest absolute Gasteiger partial charge is 0.422 e. The molecule has 0 fully saturated rings. The van der Waals surface area contributed by atoms with Crippen molar-refractivity contribution < 1.29 is 42.8 Å². The van der Waals surface area contributed by atoms with E-state index in [1.165, 1.54) is 24.5 Å². The molecule has 0 saturated carbocycles. The topological polar surface area (TPSA) is 153 Å². The van der Waals surface area contributed by atoms with E-state index in [4.69, 9.17) is 9.52 Å². The normalized spacial score (nSPS) is 15.6. The van der Waals surface area contributed by atoms with E-state index in [0.717, 1.165) is 18.2 Å². The van der Waals surface area contributed by atoms with E-state index in [2.05, 4.69) is 10.3 Å². The Labute approximate surface area is 183 Å². The zero-order chi connectivity index (χ0) is 24.3. The van der Waals surface area contributed by atoms with Gasteiger partial charge in [-0.25, -0.2) is 4.79 Å². The molecule has 5 N–H and O–H groups in total. The van der Waals surface area contributed by atoms with Crippen LogP contribution in [0.2, 0.25) is 0 Å². The molecule has 0 bridgehead atoms. The SMILES string of the molecule is O=C[C@@H](Nc1ccc2c(C(F)(F)F)c(-c3ccncc3)c(=O)oc2c1)[C@H](O)[C@@H](O)[C@@H](O)CO. The van der Waals surface area contributed by atoms with Crippen molar-refractivity contribution in [3.63, 3.8) is 0 Å². The van der Waals surface area contributed by atoms with E-state index in [1.54, 1.807) is 0 Å². The van der Waals surface area contributed by atoms with E-state index in [9.17, 15) is 38.1 Å². The van der Waals surface area contributed by atoms with Gasteiger partial charge in [0.2, 0.25) is 0 Å². The van der Waals surface area contributed by atoms with Crippen LogP contribution in [0.15, 0.2) is 51.9 Å². The molecular formula is C21H19F3N2O7. The number of anilines is 1. The quantitative estimate of drug-likeness (QED) is 0.240. The maximum absolute atomic E-state index is 14.0. The number of benzene rings is 1. The van der Waals surface area contributed by atoms with E-state index >= 15 is 0 Å². The zero-order valence-electron chi connectivity index (χ0n) is 16.7. The highest BCUT2D eigenvalue weighted by molar-refractivity contribution is 5.89. The summed E-state index contributed by atoms with van der Waals surface area (Å²) in [6, 6.07) is 4.19. The molecule has 0 amide bonds. The molecule has 3 aromatic rings. The van der Waals surface area contributed by atoms with E-state index in [1.807, 2.05) is 0 Å². The lowest BCUT2D eigenvalue weighted by Gasteiger charge is -2.27. The lowest BCUT2D eigenvalue weighted by atomic mass is 9.98. The van der Waals surface area contributed by atoms with Crippen LogP contribution in [0.4, 0.5) is 18.9 Å². The molecule has 0 radical (unpaired) electrons. The van der Waals surface area contributed by atoms with E-state index < -0.39 is 64.9 Å². The van der Waals surface area contributed by atoms with E-state index in [0.29, 0.717) is 0 Å². The van der Waals surface area contributed by atoms with Crippen molar-refractivity contribution in [2.45, 2.75) is 30.5 Å². The molecule has 176 valence electrons. The number of halogens is 3. The van der Waals surface area contributed by atoms with Crippen molar-refractivity contribution in [3.8, 4) is 11.1 Å². The van der Waals surface area contributed by atoms with Gasteiger partial charge in [-0.1, -0.05) is 0 Å². The van der Waals surface area contributed by atoms with Crippen LogP contribution in [0.25, 0.3) is 22.1 Å². The minimum atomic E-state index is -4.91. The molecule has 0 aliphatic carbocycles. The fraction of sp³-hybridized carbons (Fsp3) is 0.286. The first-order valence-corrected chi connectivity index (χ1v) is 9.53. The molecule has 0 spiro atoms. The Balaban J connectivity index is 2.07. The summed E-state index contributed by atoms with van der Waals surface area (Å²) in [6.45, 7) is -0.884. The smallest absolute Gasteiger partial charge is 0.417 e. The molecule has 0 aliphatic rings. The summed E-state index contributed by atoms with van der Waals surface area (Å²) in [4.78, 5) is 27.6. The summed E-state index contributed by atoms with van der Waals surface area (Å²) in [5.41, 5.74) is -3.62. The van der Waals surface area contributed by atoms with Gasteiger partial charge in [0, 0.05) is 29.5 Å². The van der Waals surface area contributed by atoms with Crippen LogP contribution in [0.3, 0.4) is 0 Å². The third-order valence-electron chi connectivity index (χ3n) is 4.94. The number of aromatic nitrogens is 1. The molecule has 2 aromatic heterocycles. The first-order chi connectivity index (χ1) is 15.6. The fourth-order valence-electron chi connectivity index (χ4n) is 3.31. The molecule has 0 aliphatic heterocycles. The van der Waals surface area contributed by atoms with Crippen molar-refractivity contribution in [3.05, 3.63) is 58.7 Å². The summed E-state index contributed by atoms with van der Waals surface area (Å²) >= 11 is 0. The maximum atomic E-state index is 14.0. The summed E-state index contributed by atoms with van der Waals surface area (Å²) in [6.07, 6.45) is -7.74. The molecular weight excluding hydrogens is 449 g/mol. The Morgan fingerprint density at radius 2 is 1.76 bits per heavy atom. The van der Waals surface area contributed by atoms with Crippen LogP contribution >= 0.6 is 0 Å². The first kappa shape index (κ1) is 24.3. The average Bonchev–Trinajstić information content (AvgIpc) is 2.79. The number of fused-ring (bicyclic) bond motifs is 1. The van der Waals surface area contributed by atoms with Crippen molar-refractivity contribution in [1.82, 2.24) is 4.98 Å². The third kappa shape index (κ3) is 5.03. The van der Waals surface area contributed by atoms with Crippen LogP contribution < -0.4 is 10.9 Å². The van der Waals surface area contributed by atoms with Gasteiger partial charge in [-0.15, -0.1) is 0 Å². The number of nitrogens with one attached hydrogen (secondary N) is 1. The molecule has 0 unspecified atom stereocenters. The van der Waals surface area contributed by atoms with Crippen molar-refractivity contribution in [2.24, 2.45) is 0 Å². The van der Waals surface area contributed by atoms with Crippen LogP contribution in [0.5, 0.6) is 0 Å². The number of carbonyl (C=O) groups is 1. The summed E-state index contributed by atoms with van der Waals surface area (Å²) in [5.74, 6) is 0. The number of nitrogens with zero attached hydrogens (tertiary/aromatic N) is 1. The Kier molecular flexibility index (Phi) is 7.12. The number of pyridine rings is 1. The predicted octanol–water partition coefficient (Wildman–Crippen LogP) is 0.928. The second-order valence-corrected chi connectivity index (χ2v) is 7.12. The number of hydrogen-bond acceptors (Lipinski definition) is 9. The molecule has 3 rings (SSSR count). The Bertz CT molecular complexity index is 1180. The molecule has 0 saturated heterocycles. The maximum Gasteiger partial charge on any atom is 0.417 e. The van der Waals surface area contributed by atoms with Gasteiger partial charge >= 0.3 is 11.8 Å². The number of aliphatic hydroxyl groups excluding tert-OH is 4. The van der Waals surface area contributed by atoms with Crippen LogP contribution in [-0.4, -0.2) is 62.7 Å². The van der Waals surface area contributed by atoms with Gasteiger partial charge in [-0.05, 0) is 29.8 Å². The van der Waals surface area contributed by atoms with Gasteiger partial charge in [-0.2, -0.15) is 13.2 Å². The van der Waals surface area contributed by atoms with Gasteiger partial charge < -0.3 is 35.0 Å². The van der Waals surface area contributed by atoms with Crippen molar-refractivity contribution in [1.29, 1.82) is 0 Å². The minimum absolute atomic E-state index is 0.0164. The highest BCUT2D eigenvalue weighted by atomic mass is 19.4. The Morgan fingerprint density at radius 3 is 2.33 bits per heavy atom. The molecule has 2 heterocycles. The highest BCUT2D eigenvalue weighted by Crippen LogP contribution is 2.40. The fourth-order valence-corrected chi connectivity index (χ4v) is 3.31. The van der Waals surface area contributed by atoms with Crippen LogP contribution in [-0.2, 0) is 11.0 Å². The van der Waals surface area contributed by atoms with Gasteiger partial charge in [0.15, 0.2) is 0 Å². The zero-order valence-corrected chi connectivity index (χ0v) is 16.7. The molecule has 12 heteroatoms. The molecule has 33 heavy (non-hydrogen) atoms. The van der Waals surface area contributed by atoms with Crippen LogP contribution in [0, 0.1) is 0 Å². The molecule has 9 nitrogen and oxygen atoms in total. The lowest BCUT2D eigenvalue weighted by molar-refractivity contribution is -0.136. The van der Waals surface area contributed by atoms with Gasteiger partial charge in [0.25, 0.3) is 0 Å². The van der Waals surface area contributed by atoms with E-state index in [-0.39, 0.29) is 17.5 Å². The summed E-state index contributed by atoms with van der Waals surface area (Å²) < 4.78 is 47.0. The second-order valence-electron chi connectivity index (χ2n) is 7.12. The monoisotopic (exact) mass is 468 g/mol.